The van der Waals surface area contributed by atoms with Crippen LogP contribution in [0.5, 0.6) is 0 Å². The van der Waals surface area contributed by atoms with Gasteiger partial charge in [-0.2, -0.15) is 13.2 Å². The van der Waals surface area contributed by atoms with E-state index in [9.17, 15) is 18.0 Å². The molecule has 2 heterocycles. The van der Waals surface area contributed by atoms with E-state index in [2.05, 4.69) is 4.98 Å². The van der Waals surface area contributed by atoms with Gasteiger partial charge in [-0.15, -0.1) is 0 Å². The van der Waals surface area contributed by atoms with Gasteiger partial charge >= 0.3 is 6.18 Å². The van der Waals surface area contributed by atoms with Crippen molar-refractivity contribution in [1.29, 1.82) is 0 Å². The molecule has 1 aromatic heterocycles. The molecule has 0 saturated carbocycles. The SMILES string of the molecule is O=C(c1ccc2cc[nH]c2c1)N1CCO[C@H](C(F)(F)F)C1. The first-order chi connectivity index (χ1) is 9.95. The van der Waals surface area contributed by atoms with Gasteiger partial charge in [0.2, 0.25) is 0 Å². The normalized spacial score (nSPS) is 20.0. The number of morpholine rings is 1. The number of aromatic amines is 1. The summed E-state index contributed by atoms with van der Waals surface area (Å²) in [6.07, 6.45) is -4.63. The van der Waals surface area contributed by atoms with E-state index in [0.29, 0.717) is 5.56 Å². The highest BCUT2D eigenvalue weighted by Crippen LogP contribution is 2.26. The Bertz CT molecular complexity index is 666. The Hall–Kier alpha value is -2.02. The van der Waals surface area contributed by atoms with Crippen LogP contribution in [-0.4, -0.2) is 47.8 Å². The van der Waals surface area contributed by atoms with Gasteiger partial charge in [0.25, 0.3) is 5.91 Å². The number of alkyl halides is 3. The average molecular weight is 298 g/mol. The summed E-state index contributed by atoms with van der Waals surface area (Å²) in [6, 6.07) is 6.89. The van der Waals surface area contributed by atoms with Gasteiger partial charge in [0.1, 0.15) is 0 Å². The van der Waals surface area contributed by atoms with E-state index < -0.39 is 24.7 Å². The lowest BCUT2D eigenvalue weighted by molar-refractivity contribution is -0.233. The number of carbonyl (C=O) groups is 1. The minimum Gasteiger partial charge on any atom is -0.365 e. The Morgan fingerprint density at radius 1 is 1.33 bits per heavy atom. The third-order valence-electron chi connectivity index (χ3n) is 3.52. The van der Waals surface area contributed by atoms with Crippen molar-refractivity contribution in [3.8, 4) is 0 Å². The monoisotopic (exact) mass is 298 g/mol. The van der Waals surface area contributed by atoms with Gasteiger partial charge in [0, 0.05) is 23.8 Å². The zero-order chi connectivity index (χ0) is 15.0. The first-order valence-electron chi connectivity index (χ1n) is 6.50. The molecule has 0 aliphatic carbocycles. The first kappa shape index (κ1) is 13.9. The number of carbonyl (C=O) groups excluding carboxylic acids is 1. The molecule has 1 aromatic carbocycles. The summed E-state index contributed by atoms with van der Waals surface area (Å²) >= 11 is 0. The molecular weight excluding hydrogens is 285 g/mol. The fourth-order valence-corrected chi connectivity index (χ4v) is 2.40. The third-order valence-corrected chi connectivity index (χ3v) is 3.52. The molecule has 1 saturated heterocycles. The van der Waals surface area contributed by atoms with Gasteiger partial charge in [0.15, 0.2) is 6.10 Å². The number of nitrogens with zero attached hydrogens (tertiary/aromatic N) is 1. The van der Waals surface area contributed by atoms with Crippen molar-refractivity contribution < 1.29 is 22.7 Å². The minimum atomic E-state index is -4.46. The van der Waals surface area contributed by atoms with Crippen LogP contribution in [0, 0.1) is 0 Å². The predicted octanol–water partition coefficient (Wildman–Crippen LogP) is 2.57. The van der Waals surface area contributed by atoms with Crippen molar-refractivity contribution in [1.82, 2.24) is 9.88 Å². The zero-order valence-electron chi connectivity index (χ0n) is 11.0. The Labute approximate surface area is 118 Å². The van der Waals surface area contributed by atoms with Gasteiger partial charge in [-0.1, -0.05) is 6.07 Å². The average Bonchev–Trinajstić information content (AvgIpc) is 2.93. The van der Waals surface area contributed by atoms with E-state index in [-0.39, 0.29) is 13.2 Å². The van der Waals surface area contributed by atoms with E-state index in [4.69, 9.17) is 4.74 Å². The number of H-pyrrole nitrogens is 1. The van der Waals surface area contributed by atoms with Crippen LogP contribution in [0.2, 0.25) is 0 Å². The van der Waals surface area contributed by atoms with Crippen LogP contribution in [0.25, 0.3) is 10.9 Å². The highest BCUT2D eigenvalue weighted by atomic mass is 19.4. The zero-order valence-corrected chi connectivity index (χ0v) is 11.0. The Morgan fingerprint density at radius 3 is 2.90 bits per heavy atom. The maximum absolute atomic E-state index is 12.7. The van der Waals surface area contributed by atoms with Gasteiger partial charge in [-0.3, -0.25) is 4.79 Å². The minimum absolute atomic E-state index is 0.110. The molecule has 1 amide bonds. The molecule has 0 bridgehead atoms. The summed E-state index contributed by atoms with van der Waals surface area (Å²) in [5.41, 5.74) is 1.15. The molecular formula is C14H13F3N2O2. The van der Waals surface area contributed by atoms with Crippen molar-refractivity contribution in [2.45, 2.75) is 12.3 Å². The second-order valence-electron chi connectivity index (χ2n) is 4.93. The molecule has 0 radical (unpaired) electrons. The van der Waals surface area contributed by atoms with E-state index in [1.54, 1.807) is 24.4 Å². The van der Waals surface area contributed by atoms with E-state index in [0.717, 1.165) is 10.9 Å². The molecule has 1 N–H and O–H groups in total. The largest absolute Gasteiger partial charge is 0.416 e. The third kappa shape index (κ3) is 2.73. The molecule has 1 fully saturated rings. The van der Waals surface area contributed by atoms with E-state index >= 15 is 0 Å². The highest BCUT2D eigenvalue weighted by molar-refractivity contribution is 5.98. The van der Waals surface area contributed by atoms with Gasteiger partial charge in [0.05, 0.1) is 13.2 Å². The second-order valence-corrected chi connectivity index (χ2v) is 4.93. The number of rotatable bonds is 1. The predicted molar refractivity (Wildman–Crippen MR) is 70.0 cm³/mol. The van der Waals surface area contributed by atoms with E-state index in [1.165, 1.54) is 4.90 Å². The molecule has 0 spiro atoms. The maximum atomic E-state index is 12.7. The highest BCUT2D eigenvalue weighted by Gasteiger charge is 2.44. The van der Waals surface area contributed by atoms with Crippen molar-refractivity contribution in [2.24, 2.45) is 0 Å². The lowest BCUT2D eigenvalue weighted by Crippen LogP contribution is -2.51. The number of nitrogens with one attached hydrogen (secondary N) is 1. The van der Waals surface area contributed by atoms with Gasteiger partial charge < -0.3 is 14.6 Å². The lowest BCUT2D eigenvalue weighted by Gasteiger charge is -2.33. The molecule has 7 heteroatoms. The molecule has 3 rings (SSSR count). The van der Waals surface area contributed by atoms with Gasteiger partial charge in [-0.25, -0.2) is 0 Å². The summed E-state index contributed by atoms with van der Waals surface area (Å²) in [6.45, 7) is -0.417. The molecule has 1 aliphatic heterocycles. The second kappa shape index (κ2) is 5.07. The number of aromatic nitrogens is 1. The number of ether oxygens (including phenoxy) is 1. The van der Waals surface area contributed by atoms with Crippen molar-refractivity contribution in [3.63, 3.8) is 0 Å². The van der Waals surface area contributed by atoms with Crippen LogP contribution < -0.4 is 0 Å². The first-order valence-corrected chi connectivity index (χ1v) is 6.50. The number of fused-ring (bicyclic) bond motifs is 1. The molecule has 112 valence electrons. The van der Waals surface area contributed by atoms with Gasteiger partial charge in [-0.05, 0) is 23.6 Å². The summed E-state index contributed by atoms with van der Waals surface area (Å²) in [4.78, 5) is 16.5. The molecule has 2 aromatic rings. The molecule has 1 aliphatic rings. The smallest absolute Gasteiger partial charge is 0.365 e. The van der Waals surface area contributed by atoms with Crippen LogP contribution in [0.15, 0.2) is 30.5 Å². The van der Waals surface area contributed by atoms with E-state index in [1.807, 2.05) is 6.07 Å². The summed E-state index contributed by atoms with van der Waals surface area (Å²) in [7, 11) is 0. The van der Waals surface area contributed by atoms with Crippen LogP contribution in [0.3, 0.4) is 0 Å². The summed E-state index contributed by atoms with van der Waals surface area (Å²) in [5, 5.41) is 0.946. The Kier molecular flexibility index (Phi) is 3.36. The number of benzene rings is 1. The maximum Gasteiger partial charge on any atom is 0.416 e. The van der Waals surface area contributed by atoms with Crippen molar-refractivity contribution in [3.05, 3.63) is 36.0 Å². The van der Waals surface area contributed by atoms with Crippen molar-refractivity contribution in [2.75, 3.05) is 19.7 Å². The molecule has 21 heavy (non-hydrogen) atoms. The quantitative estimate of drug-likeness (QED) is 0.879. The molecule has 1 atom stereocenters. The van der Waals surface area contributed by atoms with Crippen LogP contribution in [-0.2, 0) is 4.74 Å². The van der Waals surface area contributed by atoms with Crippen LogP contribution in [0.4, 0.5) is 13.2 Å². The summed E-state index contributed by atoms with van der Waals surface area (Å²) < 4.78 is 42.7. The lowest BCUT2D eigenvalue weighted by atomic mass is 10.1. The topological polar surface area (TPSA) is 45.3 Å². The summed E-state index contributed by atoms with van der Waals surface area (Å²) in [5.74, 6) is -0.413. The number of halogens is 3. The van der Waals surface area contributed by atoms with Crippen LogP contribution >= 0.6 is 0 Å². The number of hydrogen-bond donors (Lipinski definition) is 1. The fraction of sp³-hybridized carbons (Fsp3) is 0.357. The Morgan fingerprint density at radius 2 is 2.14 bits per heavy atom. The molecule has 4 nitrogen and oxygen atoms in total. The fourth-order valence-electron chi connectivity index (χ4n) is 2.40. The van der Waals surface area contributed by atoms with Crippen molar-refractivity contribution >= 4 is 16.8 Å². The molecule has 0 unspecified atom stereocenters. The van der Waals surface area contributed by atoms with Crippen LogP contribution in [0.1, 0.15) is 10.4 Å². The number of hydrogen-bond acceptors (Lipinski definition) is 2. The number of amides is 1. The Balaban J connectivity index is 1.80. The standard InChI is InChI=1S/C14H13F3N2O2/c15-14(16,17)12-8-19(5-6-21-12)13(20)10-2-1-9-3-4-18-11(9)7-10/h1-4,7,12,18H,5-6,8H2/t12-/m0/s1.